The number of benzene rings is 1. The fourth-order valence-electron chi connectivity index (χ4n) is 4.52. The van der Waals surface area contributed by atoms with E-state index < -0.39 is 0 Å². The van der Waals surface area contributed by atoms with Crippen LogP contribution in [-0.4, -0.2) is 56.7 Å². The van der Waals surface area contributed by atoms with Crippen LogP contribution in [0.4, 0.5) is 11.6 Å². The van der Waals surface area contributed by atoms with Crippen LogP contribution in [0.3, 0.4) is 0 Å². The third kappa shape index (κ3) is 4.02. The quantitative estimate of drug-likeness (QED) is 0.645. The van der Waals surface area contributed by atoms with Gasteiger partial charge >= 0.3 is 0 Å². The summed E-state index contributed by atoms with van der Waals surface area (Å²) in [6, 6.07) is 6.21. The number of nitrogens with zero attached hydrogens (tertiary/aromatic N) is 6. The normalized spacial score (nSPS) is 18.0. The molecule has 2 aromatic heterocycles. The molecule has 0 atom stereocenters. The molecule has 166 valence electrons. The standard InChI is InChI=1S/C24H29N7O/c1-16-12-18(21-27-15-28-30-21)4-5-19(16)20-13-25-22-23(29-20)31(24(2,3)14-26-22)9-6-17-7-10-32-11-8-17/h4-5,12-15,17H,6-11H2,1-3H3,(H,27,28,30). The van der Waals surface area contributed by atoms with Crippen molar-refractivity contribution in [1.29, 1.82) is 0 Å². The molecule has 5 rings (SSSR count). The molecule has 4 heterocycles. The highest BCUT2D eigenvalue weighted by Crippen LogP contribution is 2.37. The van der Waals surface area contributed by atoms with Gasteiger partial charge in [0.1, 0.15) is 6.33 Å². The maximum absolute atomic E-state index is 5.53. The van der Waals surface area contributed by atoms with Gasteiger partial charge in [-0.3, -0.25) is 5.10 Å². The minimum atomic E-state index is -0.212. The second-order valence-electron chi connectivity index (χ2n) is 9.17. The summed E-state index contributed by atoms with van der Waals surface area (Å²) in [4.78, 5) is 21.0. The maximum Gasteiger partial charge on any atom is 0.195 e. The zero-order valence-electron chi connectivity index (χ0n) is 18.9. The average Bonchev–Trinajstić information content (AvgIpc) is 3.33. The fourth-order valence-corrected chi connectivity index (χ4v) is 4.52. The summed E-state index contributed by atoms with van der Waals surface area (Å²) in [6.45, 7) is 9.14. The van der Waals surface area contributed by atoms with Crippen LogP contribution in [0.1, 0.15) is 38.7 Å². The van der Waals surface area contributed by atoms with Gasteiger partial charge in [-0.2, -0.15) is 5.10 Å². The van der Waals surface area contributed by atoms with Gasteiger partial charge in [0.25, 0.3) is 0 Å². The van der Waals surface area contributed by atoms with E-state index in [0.717, 1.165) is 73.0 Å². The van der Waals surface area contributed by atoms with Crippen molar-refractivity contribution in [2.75, 3.05) is 24.7 Å². The number of hydrogen-bond donors (Lipinski definition) is 1. The minimum Gasteiger partial charge on any atom is -0.381 e. The molecule has 1 aromatic carbocycles. The summed E-state index contributed by atoms with van der Waals surface area (Å²) in [5.74, 6) is 3.01. The Kier molecular flexibility index (Phi) is 5.46. The van der Waals surface area contributed by atoms with Gasteiger partial charge in [-0.15, -0.1) is 0 Å². The van der Waals surface area contributed by atoms with Crippen molar-refractivity contribution in [2.24, 2.45) is 10.9 Å². The maximum atomic E-state index is 5.53. The fraction of sp³-hybridized carbons (Fsp3) is 0.458. The van der Waals surface area contributed by atoms with E-state index in [2.05, 4.69) is 63.0 Å². The summed E-state index contributed by atoms with van der Waals surface area (Å²) in [5, 5.41) is 6.86. The summed E-state index contributed by atoms with van der Waals surface area (Å²) < 4.78 is 5.53. The molecule has 0 radical (unpaired) electrons. The molecule has 1 saturated heterocycles. The highest BCUT2D eigenvalue weighted by molar-refractivity contribution is 5.85. The molecule has 0 spiro atoms. The van der Waals surface area contributed by atoms with Gasteiger partial charge in [0.05, 0.1) is 17.4 Å². The molecule has 0 bridgehead atoms. The second-order valence-corrected chi connectivity index (χ2v) is 9.17. The van der Waals surface area contributed by atoms with Gasteiger partial charge in [-0.05, 0) is 57.6 Å². The lowest BCUT2D eigenvalue weighted by Crippen LogP contribution is -2.48. The van der Waals surface area contributed by atoms with Crippen LogP contribution >= 0.6 is 0 Å². The number of aryl methyl sites for hydroxylation is 1. The molecule has 8 heteroatoms. The van der Waals surface area contributed by atoms with Crippen LogP contribution < -0.4 is 4.90 Å². The van der Waals surface area contributed by atoms with Crippen LogP contribution in [0, 0.1) is 12.8 Å². The van der Waals surface area contributed by atoms with Crippen molar-refractivity contribution in [2.45, 2.75) is 45.6 Å². The Labute approximate surface area is 188 Å². The summed E-state index contributed by atoms with van der Waals surface area (Å²) in [6.07, 6.45) is 8.73. The van der Waals surface area contributed by atoms with Crippen molar-refractivity contribution in [3.63, 3.8) is 0 Å². The first-order valence-electron chi connectivity index (χ1n) is 11.3. The Bertz CT molecular complexity index is 1120. The van der Waals surface area contributed by atoms with Gasteiger partial charge < -0.3 is 9.64 Å². The molecule has 3 aromatic rings. The molecule has 0 aliphatic carbocycles. The van der Waals surface area contributed by atoms with E-state index in [4.69, 9.17) is 9.72 Å². The number of rotatable bonds is 5. The van der Waals surface area contributed by atoms with Gasteiger partial charge in [0.15, 0.2) is 17.5 Å². The number of aliphatic imine (C=N–C) groups is 1. The number of aromatic amines is 1. The van der Waals surface area contributed by atoms with Crippen LogP contribution in [0.5, 0.6) is 0 Å². The lowest BCUT2D eigenvalue weighted by Gasteiger charge is -2.40. The molecular weight excluding hydrogens is 402 g/mol. The lowest BCUT2D eigenvalue weighted by atomic mass is 9.94. The molecule has 1 fully saturated rings. The number of hydrogen-bond acceptors (Lipinski definition) is 7. The molecule has 0 unspecified atom stereocenters. The molecule has 8 nitrogen and oxygen atoms in total. The number of H-pyrrole nitrogens is 1. The Balaban J connectivity index is 1.45. The molecule has 1 N–H and O–H groups in total. The summed E-state index contributed by atoms with van der Waals surface area (Å²) in [7, 11) is 0. The van der Waals surface area contributed by atoms with Crippen molar-refractivity contribution in [1.82, 2.24) is 25.1 Å². The number of fused-ring (bicyclic) bond motifs is 1. The highest BCUT2D eigenvalue weighted by atomic mass is 16.5. The first kappa shape index (κ1) is 20.8. The first-order chi connectivity index (χ1) is 15.5. The Hall–Kier alpha value is -3.13. The van der Waals surface area contributed by atoms with Crippen molar-refractivity contribution in [3.8, 4) is 22.6 Å². The number of ether oxygens (including phenoxy) is 1. The van der Waals surface area contributed by atoms with Crippen LogP contribution in [-0.2, 0) is 4.74 Å². The van der Waals surface area contributed by atoms with Crippen LogP contribution in [0.2, 0.25) is 0 Å². The highest BCUT2D eigenvalue weighted by Gasteiger charge is 2.33. The topological polar surface area (TPSA) is 92.2 Å². The summed E-state index contributed by atoms with van der Waals surface area (Å²) in [5.41, 5.74) is 3.81. The van der Waals surface area contributed by atoms with Gasteiger partial charge in [-0.25, -0.2) is 19.9 Å². The molecule has 0 amide bonds. The van der Waals surface area contributed by atoms with E-state index >= 15 is 0 Å². The van der Waals surface area contributed by atoms with Gasteiger partial charge in [0, 0.05) is 37.1 Å². The molecular formula is C24H29N7O. The van der Waals surface area contributed by atoms with E-state index in [1.165, 1.54) is 6.33 Å². The van der Waals surface area contributed by atoms with Crippen molar-refractivity contribution in [3.05, 3.63) is 36.3 Å². The van der Waals surface area contributed by atoms with Crippen molar-refractivity contribution < 1.29 is 4.74 Å². The molecule has 32 heavy (non-hydrogen) atoms. The van der Waals surface area contributed by atoms with E-state index in [1.807, 2.05) is 18.5 Å². The van der Waals surface area contributed by atoms with Gasteiger partial charge in [-0.1, -0.05) is 12.1 Å². The van der Waals surface area contributed by atoms with E-state index in [-0.39, 0.29) is 5.54 Å². The number of anilines is 1. The third-order valence-electron chi connectivity index (χ3n) is 6.48. The van der Waals surface area contributed by atoms with E-state index in [0.29, 0.717) is 11.7 Å². The zero-order chi connectivity index (χ0) is 22.1. The molecule has 2 aliphatic heterocycles. The predicted octanol–water partition coefficient (Wildman–Crippen LogP) is 4.35. The van der Waals surface area contributed by atoms with E-state index in [9.17, 15) is 0 Å². The third-order valence-corrected chi connectivity index (χ3v) is 6.48. The monoisotopic (exact) mass is 431 g/mol. The average molecular weight is 432 g/mol. The van der Waals surface area contributed by atoms with Crippen LogP contribution in [0.25, 0.3) is 22.6 Å². The van der Waals surface area contributed by atoms with E-state index in [1.54, 1.807) is 0 Å². The van der Waals surface area contributed by atoms with Gasteiger partial charge in [0.2, 0.25) is 0 Å². The smallest absolute Gasteiger partial charge is 0.195 e. The second kappa shape index (κ2) is 8.43. The number of nitrogens with one attached hydrogen (secondary N) is 1. The SMILES string of the molecule is Cc1cc(-c2ncn[nH]2)ccc1-c1cnc2c(n1)N(CCC1CCOCC1)C(C)(C)C=N2. The Morgan fingerprint density at radius 1 is 1.19 bits per heavy atom. The zero-order valence-corrected chi connectivity index (χ0v) is 18.9. The van der Waals surface area contributed by atoms with Crippen molar-refractivity contribution >= 4 is 17.9 Å². The predicted molar refractivity (Wildman–Crippen MR) is 125 cm³/mol. The largest absolute Gasteiger partial charge is 0.381 e. The minimum absolute atomic E-state index is 0.212. The first-order valence-corrected chi connectivity index (χ1v) is 11.3. The molecule has 2 aliphatic rings. The number of aromatic nitrogens is 5. The Morgan fingerprint density at radius 2 is 2.03 bits per heavy atom. The Morgan fingerprint density at radius 3 is 2.78 bits per heavy atom. The molecule has 0 saturated carbocycles. The lowest BCUT2D eigenvalue weighted by molar-refractivity contribution is 0.0643. The summed E-state index contributed by atoms with van der Waals surface area (Å²) >= 11 is 0. The van der Waals surface area contributed by atoms with Crippen LogP contribution in [0.15, 0.2) is 35.7 Å².